The summed E-state index contributed by atoms with van der Waals surface area (Å²) in [6, 6.07) is 2.73. The number of hydrogen-bond donors (Lipinski definition) is 1. The Hall–Kier alpha value is -1.66. The van der Waals surface area contributed by atoms with Crippen molar-refractivity contribution in [3.8, 4) is 0 Å². The van der Waals surface area contributed by atoms with E-state index in [0.29, 0.717) is 5.56 Å². The largest absolute Gasteiger partial charge is 0.506 e. The quantitative estimate of drug-likeness (QED) is 0.467. The molecule has 1 saturated carbocycles. The Kier molecular flexibility index (Phi) is 3.88. The second-order valence-corrected chi connectivity index (χ2v) is 9.52. The summed E-state index contributed by atoms with van der Waals surface area (Å²) in [5.41, 5.74) is -0.119. The molecule has 0 unspecified atom stereocenters. The number of Topliss-reactive ketones (excluding diaryl/α,β-unsaturated/α-hetero) is 2. The van der Waals surface area contributed by atoms with Gasteiger partial charge >= 0.3 is 0 Å². The lowest BCUT2D eigenvalue weighted by molar-refractivity contribution is -0.127. The number of hydrogen-bond acceptors (Lipinski definition) is 5. The van der Waals surface area contributed by atoms with Crippen molar-refractivity contribution in [1.82, 2.24) is 0 Å². The van der Waals surface area contributed by atoms with E-state index in [1.165, 1.54) is 12.1 Å². The van der Waals surface area contributed by atoms with E-state index in [1.807, 2.05) is 13.8 Å². The normalized spacial score (nSPS) is 21.7. The van der Waals surface area contributed by atoms with Crippen LogP contribution >= 0.6 is 11.6 Å². The van der Waals surface area contributed by atoms with Gasteiger partial charge in [0.2, 0.25) is 0 Å². The number of ketones is 2. The summed E-state index contributed by atoms with van der Waals surface area (Å²) < 4.78 is 23.8. The smallest absolute Gasteiger partial charge is 0.179 e. The first-order valence-corrected chi connectivity index (χ1v) is 9.61. The van der Waals surface area contributed by atoms with Gasteiger partial charge in [0.15, 0.2) is 21.4 Å². The van der Waals surface area contributed by atoms with Crippen molar-refractivity contribution in [3.63, 3.8) is 0 Å². The van der Waals surface area contributed by atoms with Gasteiger partial charge in [-0.1, -0.05) is 25.4 Å². The van der Waals surface area contributed by atoms with E-state index >= 15 is 0 Å². The monoisotopic (exact) mass is 368 g/mol. The summed E-state index contributed by atoms with van der Waals surface area (Å²) in [6.45, 7) is 3.65. The minimum atomic E-state index is -3.35. The van der Waals surface area contributed by atoms with Gasteiger partial charge < -0.3 is 5.11 Å². The zero-order chi connectivity index (χ0) is 17.9. The fourth-order valence-corrected chi connectivity index (χ4v) is 5.27. The molecule has 0 aromatic heterocycles. The van der Waals surface area contributed by atoms with Crippen LogP contribution in [-0.2, 0) is 25.8 Å². The highest BCUT2D eigenvalue weighted by Gasteiger charge is 2.38. The standard InChI is InChI=1S/C17H17ClO5S/c1-17(2)7-11(19)14(12(20)8-17)16(21)10-3-4-13-9(15(10)18)5-6-24(13,22)23/h3-4,21H,5-8H2,1-2H3. The fourth-order valence-electron chi connectivity index (χ4n) is 3.32. The Morgan fingerprint density at radius 1 is 1.17 bits per heavy atom. The van der Waals surface area contributed by atoms with Gasteiger partial charge in [-0.2, -0.15) is 0 Å². The van der Waals surface area contributed by atoms with Crippen molar-refractivity contribution >= 4 is 38.8 Å². The summed E-state index contributed by atoms with van der Waals surface area (Å²) in [6.07, 6.45) is 0.575. The number of aliphatic hydroxyl groups is 1. The van der Waals surface area contributed by atoms with E-state index in [2.05, 4.69) is 0 Å². The molecule has 1 aromatic carbocycles. The molecule has 0 atom stereocenters. The van der Waals surface area contributed by atoms with Crippen LogP contribution in [0, 0.1) is 5.41 Å². The van der Waals surface area contributed by atoms with Gasteiger partial charge in [0.1, 0.15) is 11.3 Å². The van der Waals surface area contributed by atoms with Gasteiger partial charge in [0.25, 0.3) is 0 Å². The van der Waals surface area contributed by atoms with Crippen LogP contribution in [0.2, 0.25) is 5.02 Å². The number of carbonyl (C=O) groups excluding carboxylic acids is 2. The Morgan fingerprint density at radius 2 is 1.75 bits per heavy atom. The van der Waals surface area contributed by atoms with Gasteiger partial charge in [-0.15, -0.1) is 0 Å². The number of aliphatic hydroxyl groups excluding tert-OH is 1. The number of sulfone groups is 1. The first-order chi connectivity index (χ1) is 11.0. The maximum atomic E-state index is 12.3. The van der Waals surface area contributed by atoms with Gasteiger partial charge in [-0.05, 0) is 29.5 Å². The van der Waals surface area contributed by atoms with E-state index in [-0.39, 0.29) is 46.1 Å². The minimum Gasteiger partial charge on any atom is -0.506 e. The average molecular weight is 369 g/mol. The second-order valence-electron chi connectivity index (χ2n) is 7.06. The molecular formula is C17H17ClO5S. The number of halogens is 1. The lowest BCUT2D eigenvalue weighted by atomic mass is 9.73. The molecule has 5 nitrogen and oxygen atoms in total. The molecule has 0 amide bonds. The molecule has 7 heteroatoms. The van der Waals surface area contributed by atoms with Crippen LogP contribution in [0.5, 0.6) is 0 Å². The van der Waals surface area contributed by atoms with Crippen LogP contribution in [0.3, 0.4) is 0 Å². The molecule has 0 radical (unpaired) electrons. The summed E-state index contributed by atoms with van der Waals surface area (Å²) in [5.74, 6) is -1.33. The third-order valence-corrected chi connectivity index (χ3v) is 6.71. The first-order valence-electron chi connectivity index (χ1n) is 7.58. The molecule has 1 aromatic rings. The second kappa shape index (κ2) is 5.43. The molecule has 0 bridgehead atoms. The molecule has 0 saturated heterocycles. The maximum absolute atomic E-state index is 12.3. The van der Waals surface area contributed by atoms with Gasteiger partial charge in [-0.3, -0.25) is 9.59 Å². The summed E-state index contributed by atoms with van der Waals surface area (Å²) >= 11 is 6.27. The van der Waals surface area contributed by atoms with E-state index in [9.17, 15) is 23.1 Å². The predicted molar refractivity (Wildman–Crippen MR) is 89.8 cm³/mol. The summed E-state index contributed by atoms with van der Waals surface area (Å²) in [7, 11) is -3.35. The van der Waals surface area contributed by atoms with Crippen molar-refractivity contribution in [3.05, 3.63) is 33.9 Å². The molecule has 0 spiro atoms. The highest BCUT2D eigenvalue weighted by Crippen LogP contribution is 2.40. The third-order valence-electron chi connectivity index (χ3n) is 4.48. The van der Waals surface area contributed by atoms with Crippen molar-refractivity contribution in [2.45, 2.75) is 38.0 Å². The highest BCUT2D eigenvalue weighted by atomic mass is 35.5. The molecule has 1 heterocycles. The number of benzene rings is 1. The maximum Gasteiger partial charge on any atom is 0.179 e. The van der Waals surface area contributed by atoms with Crippen molar-refractivity contribution in [2.75, 3.05) is 5.75 Å². The zero-order valence-corrected chi connectivity index (χ0v) is 14.9. The van der Waals surface area contributed by atoms with Gasteiger partial charge in [-0.25, -0.2) is 8.42 Å². The van der Waals surface area contributed by atoms with E-state index < -0.39 is 32.6 Å². The van der Waals surface area contributed by atoms with E-state index in [0.717, 1.165) is 0 Å². The van der Waals surface area contributed by atoms with Crippen molar-refractivity contribution < 1.29 is 23.1 Å². The Morgan fingerprint density at radius 3 is 2.33 bits per heavy atom. The van der Waals surface area contributed by atoms with E-state index in [1.54, 1.807) is 0 Å². The SMILES string of the molecule is CC1(C)CC(=O)C(=C(O)c2ccc3c(c2Cl)CCS3(=O)=O)C(=O)C1. The predicted octanol–water partition coefficient (Wildman–Crippen LogP) is 2.90. The molecular weight excluding hydrogens is 352 g/mol. The van der Waals surface area contributed by atoms with Crippen LogP contribution in [0.1, 0.15) is 37.8 Å². The summed E-state index contributed by atoms with van der Waals surface area (Å²) in [4.78, 5) is 24.8. The molecule has 3 rings (SSSR count). The third kappa shape index (κ3) is 2.67. The Bertz CT molecular complexity index is 887. The Labute approximate surface area is 145 Å². The van der Waals surface area contributed by atoms with Crippen LogP contribution in [0.25, 0.3) is 5.76 Å². The van der Waals surface area contributed by atoms with Crippen LogP contribution in [0.15, 0.2) is 22.6 Å². The number of rotatable bonds is 1. The molecule has 1 aliphatic carbocycles. The molecule has 2 aliphatic rings. The lowest BCUT2D eigenvalue weighted by Crippen LogP contribution is -2.32. The molecule has 24 heavy (non-hydrogen) atoms. The minimum absolute atomic E-state index is 0.0328. The fraction of sp³-hybridized carbons (Fsp3) is 0.412. The number of carbonyl (C=O) groups is 2. The van der Waals surface area contributed by atoms with Crippen molar-refractivity contribution in [1.29, 1.82) is 0 Å². The molecule has 128 valence electrons. The zero-order valence-electron chi connectivity index (χ0n) is 13.3. The van der Waals surface area contributed by atoms with Crippen LogP contribution < -0.4 is 0 Å². The van der Waals surface area contributed by atoms with Crippen LogP contribution in [-0.4, -0.2) is 30.8 Å². The first kappa shape index (κ1) is 17.2. The average Bonchev–Trinajstić information content (AvgIpc) is 2.73. The number of allylic oxidation sites excluding steroid dienone is 1. The Balaban J connectivity index is 2.14. The van der Waals surface area contributed by atoms with Gasteiger partial charge in [0.05, 0.1) is 15.7 Å². The van der Waals surface area contributed by atoms with Crippen molar-refractivity contribution in [2.24, 2.45) is 5.41 Å². The van der Waals surface area contributed by atoms with Crippen LogP contribution in [0.4, 0.5) is 0 Å². The number of fused-ring (bicyclic) bond motifs is 1. The summed E-state index contributed by atoms with van der Waals surface area (Å²) in [5, 5.41) is 10.6. The molecule has 1 fully saturated rings. The van der Waals surface area contributed by atoms with Gasteiger partial charge in [0, 0.05) is 18.4 Å². The van der Waals surface area contributed by atoms with E-state index in [4.69, 9.17) is 11.6 Å². The molecule has 1 N–H and O–H groups in total. The highest BCUT2D eigenvalue weighted by molar-refractivity contribution is 7.91. The molecule has 1 aliphatic heterocycles. The topological polar surface area (TPSA) is 88.5 Å². The lowest BCUT2D eigenvalue weighted by Gasteiger charge is -2.29.